The van der Waals surface area contributed by atoms with Gasteiger partial charge >= 0.3 is 0 Å². The van der Waals surface area contributed by atoms with Gasteiger partial charge in [-0.3, -0.25) is 18.6 Å². The van der Waals surface area contributed by atoms with Crippen molar-refractivity contribution in [2.75, 3.05) is 26.6 Å². The first kappa shape index (κ1) is 35.9. The van der Waals surface area contributed by atoms with Crippen LogP contribution in [0.3, 0.4) is 0 Å². The molecule has 0 radical (unpaired) electrons. The van der Waals surface area contributed by atoms with Gasteiger partial charge in [-0.15, -0.1) is 0 Å². The number of rotatable bonds is 17. The Morgan fingerprint density at radius 2 is 1.53 bits per heavy atom. The fraction of sp³-hybridized carbons (Fsp3) is 0.679. The number of hydrogen-bond acceptors (Lipinski definition) is 8. The van der Waals surface area contributed by atoms with Crippen LogP contribution < -0.4 is 5.32 Å². The average molecular weight is 558 g/mol. The van der Waals surface area contributed by atoms with Gasteiger partial charge < -0.3 is 14.8 Å². The second-order valence-corrected chi connectivity index (χ2v) is 11.3. The normalized spacial score (nSPS) is 13.6. The molecule has 0 heterocycles. The van der Waals surface area contributed by atoms with Crippen molar-refractivity contribution < 1.29 is 36.5 Å². The molecule has 0 aliphatic carbocycles. The minimum Gasteiger partial charge on any atom is -0.381 e. The highest BCUT2D eigenvalue weighted by Gasteiger charge is 2.21. The van der Waals surface area contributed by atoms with E-state index < -0.39 is 10.1 Å². The van der Waals surface area contributed by atoms with Gasteiger partial charge in [0.05, 0.1) is 25.0 Å². The van der Waals surface area contributed by atoms with E-state index in [1.54, 1.807) is 47.1 Å². The number of aryl methyl sites for hydroxylation is 1. The fourth-order valence-electron chi connectivity index (χ4n) is 3.84. The lowest BCUT2D eigenvalue weighted by molar-refractivity contribution is -0.125. The van der Waals surface area contributed by atoms with E-state index in [1.807, 2.05) is 13.8 Å². The molecule has 0 aromatic heterocycles. The number of unbranched alkanes of at least 4 members (excludes halogenated alkanes) is 4. The molecule has 0 saturated carbocycles. The SMILES string of the molecule is COC(C)C(CCCCCCCC(=O)Nc1ccc(C)cc1S(=O)(=O)OC)C(C)=O.COC(C)CC(C)=O. The topological polar surface area (TPSA) is 125 Å². The molecule has 38 heavy (non-hydrogen) atoms. The molecule has 218 valence electrons. The number of amides is 1. The Morgan fingerprint density at radius 3 is 2.03 bits per heavy atom. The van der Waals surface area contributed by atoms with Gasteiger partial charge in [-0.1, -0.05) is 31.7 Å². The number of nitrogens with one attached hydrogen (secondary N) is 1. The van der Waals surface area contributed by atoms with E-state index in [4.69, 9.17) is 9.47 Å². The second-order valence-electron chi connectivity index (χ2n) is 9.59. The lowest BCUT2D eigenvalue weighted by Gasteiger charge is -2.20. The predicted octanol–water partition coefficient (Wildman–Crippen LogP) is 5.24. The van der Waals surface area contributed by atoms with E-state index in [1.165, 1.54) is 6.07 Å². The highest BCUT2D eigenvalue weighted by atomic mass is 32.2. The summed E-state index contributed by atoms with van der Waals surface area (Å²) < 4.78 is 38.8. The number of Topliss-reactive ketones (excluding diaryl/α,β-unsaturated/α-hetero) is 2. The van der Waals surface area contributed by atoms with Crippen molar-refractivity contribution in [3.05, 3.63) is 23.8 Å². The number of methoxy groups -OCH3 is 2. The number of ketones is 2. The Morgan fingerprint density at radius 1 is 0.921 bits per heavy atom. The number of hydrogen-bond donors (Lipinski definition) is 1. The van der Waals surface area contributed by atoms with Crippen LogP contribution in [0.5, 0.6) is 0 Å². The van der Waals surface area contributed by atoms with Crippen LogP contribution in [0.1, 0.15) is 84.6 Å². The quantitative estimate of drug-likeness (QED) is 0.204. The lowest BCUT2D eigenvalue weighted by atomic mass is 9.92. The molecule has 0 spiro atoms. The fourth-order valence-corrected chi connectivity index (χ4v) is 4.74. The molecule has 1 aromatic rings. The Hall–Kier alpha value is -2.14. The van der Waals surface area contributed by atoms with E-state index >= 15 is 0 Å². The number of benzene rings is 1. The van der Waals surface area contributed by atoms with Crippen LogP contribution in [0.25, 0.3) is 0 Å². The first-order chi connectivity index (χ1) is 17.8. The molecule has 3 unspecified atom stereocenters. The van der Waals surface area contributed by atoms with Crippen LogP contribution in [0.2, 0.25) is 0 Å². The van der Waals surface area contributed by atoms with Crippen molar-refractivity contribution in [3.8, 4) is 0 Å². The molecule has 1 amide bonds. The van der Waals surface area contributed by atoms with Crippen molar-refractivity contribution in [2.45, 2.75) is 103 Å². The summed E-state index contributed by atoms with van der Waals surface area (Å²) in [5, 5.41) is 2.68. The Labute approximate surface area is 229 Å². The summed E-state index contributed by atoms with van der Waals surface area (Å²) in [7, 11) is 0.419. The van der Waals surface area contributed by atoms with Gasteiger partial charge in [0.25, 0.3) is 10.1 Å². The predicted molar refractivity (Wildman–Crippen MR) is 149 cm³/mol. The standard InChI is InChI=1S/C22H35NO6S.C6H12O2/c1-16-13-14-20(21(15-16)30(26,27)29-5)23-22(25)12-10-8-6-7-9-11-19(17(2)24)18(3)28-4;1-5(7)4-6(2)8-3/h13-15,18-19H,6-12H2,1-5H3,(H,23,25);6H,4H2,1-3H3. The summed E-state index contributed by atoms with van der Waals surface area (Å²) in [6.45, 7) is 8.74. The van der Waals surface area contributed by atoms with Crippen LogP contribution in [0.4, 0.5) is 5.69 Å². The minimum absolute atomic E-state index is 0.0383. The second kappa shape index (κ2) is 19.0. The van der Waals surface area contributed by atoms with Crippen LogP contribution >= 0.6 is 0 Å². The van der Waals surface area contributed by atoms with E-state index in [2.05, 4.69) is 9.50 Å². The van der Waals surface area contributed by atoms with Gasteiger partial charge in [-0.05, 0) is 65.2 Å². The van der Waals surface area contributed by atoms with Gasteiger partial charge in [-0.2, -0.15) is 8.42 Å². The van der Waals surface area contributed by atoms with Crippen LogP contribution in [-0.2, 0) is 38.2 Å². The molecule has 1 N–H and O–H groups in total. The van der Waals surface area contributed by atoms with E-state index in [9.17, 15) is 22.8 Å². The molecule has 9 nitrogen and oxygen atoms in total. The van der Waals surface area contributed by atoms with Crippen LogP contribution in [0.15, 0.2) is 23.1 Å². The van der Waals surface area contributed by atoms with Gasteiger partial charge in [0.1, 0.15) is 16.5 Å². The Bertz CT molecular complexity index is 977. The summed E-state index contributed by atoms with van der Waals surface area (Å²) in [5.74, 6) is 0.0520. The molecular weight excluding hydrogens is 510 g/mol. The van der Waals surface area contributed by atoms with Crippen LogP contribution in [-0.4, -0.2) is 59.4 Å². The Balaban J connectivity index is 0.00000147. The zero-order valence-electron chi connectivity index (χ0n) is 24.3. The molecular formula is C28H47NO8S. The van der Waals surface area contributed by atoms with Gasteiger partial charge in [0, 0.05) is 33.0 Å². The first-order valence-electron chi connectivity index (χ1n) is 13.1. The zero-order chi connectivity index (χ0) is 29.3. The van der Waals surface area contributed by atoms with Crippen molar-refractivity contribution in [3.63, 3.8) is 0 Å². The summed E-state index contributed by atoms with van der Waals surface area (Å²) >= 11 is 0. The number of carbonyl (C=O) groups is 3. The lowest BCUT2D eigenvalue weighted by Crippen LogP contribution is -2.25. The first-order valence-corrected chi connectivity index (χ1v) is 14.5. The summed E-state index contributed by atoms with van der Waals surface area (Å²) in [6, 6.07) is 4.79. The third-order valence-corrected chi connectivity index (χ3v) is 7.57. The van der Waals surface area contributed by atoms with E-state index in [0.717, 1.165) is 44.8 Å². The van der Waals surface area contributed by atoms with Crippen molar-refractivity contribution >= 4 is 33.3 Å². The van der Waals surface area contributed by atoms with E-state index in [-0.39, 0.29) is 46.2 Å². The maximum Gasteiger partial charge on any atom is 0.298 e. The van der Waals surface area contributed by atoms with Crippen molar-refractivity contribution in [2.24, 2.45) is 5.92 Å². The Kier molecular flexibility index (Phi) is 17.9. The molecule has 0 saturated heterocycles. The maximum atomic E-state index is 12.2. The highest BCUT2D eigenvalue weighted by Crippen LogP contribution is 2.24. The number of ether oxygens (including phenoxy) is 2. The third-order valence-electron chi connectivity index (χ3n) is 6.26. The minimum atomic E-state index is -3.90. The molecule has 0 aliphatic rings. The molecule has 0 aliphatic heterocycles. The average Bonchev–Trinajstić information content (AvgIpc) is 2.85. The van der Waals surface area contributed by atoms with Crippen molar-refractivity contribution in [1.29, 1.82) is 0 Å². The largest absolute Gasteiger partial charge is 0.381 e. The van der Waals surface area contributed by atoms with E-state index in [0.29, 0.717) is 19.3 Å². The summed E-state index contributed by atoms with van der Waals surface area (Å²) in [5.41, 5.74) is 0.991. The number of anilines is 1. The maximum absolute atomic E-state index is 12.2. The van der Waals surface area contributed by atoms with Crippen molar-refractivity contribution in [1.82, 2.24) is 0 Å². The molecule has 10 heteroatoms. The summed E-state index contributed by atoms with van der Waals surface area (Å²) in [6.07, 6.45) is 6.20. The van der Waals surface area contributed by atoms with Crippen LogP contribution in [0, 0.1) is 12.8 Å². The monoisotopic (exact) mass is 557 g/mol. The molecule has 1 rings (SSSR count). The highest BCUT2D eigenvalue weighted by molar-refractivity contribution is 7.87. The number of carbonyl (C=O) groups excluding carboxylic acids is 3. The van der Waals surface area contributed by atoms with Gasteiger partial charge in [0.2, 0.25) is 5.91 Å². The zero-order valence-corrected chi connectivity index (χ0v) is 25.1. The molecule has 1 aromatic carbocycles. The molecule has 0 bridgehead atoms. The molecule has 3 atom stereocenters. The molecule has 0 fully saturated rings. The van der Waals surface area contributed by atoms with Gasteiger partial charge in [-0.25, -0.2) is 0 Å². The third kappa shape index (κ3) is 14.7. The van der Waals surface area contributed by atoms with Gasteiger partial charge in [0.15, 0.2) is 0 Å². The summed E-state index contributed by atoms with van der Waals surface area (Å²) in [4.78, 5) is 34.2. The smallest absolute Gasteiger partial charge is 0.298 e.